The van der Waals surface area contributed by atoms with Crippen LogP contribution in [0.1, 0.15) is 71.1 Å². The molecule has 0 saturated heterocycles. The molecule has 1 radical (unpaired) electrons. The fourth-order valence-electron chi connectivity index (χ4n) is 1.78. The molecule has 0 aliphatic heterocycles. The zero-order valence-electron chi connectivity index (χ0n) is 11.2. The first-order valence-electron chi connectivity index (χ1n) is 6.75. The quantitative estimate of drug-likeness (QED) is 0.411. The minimum absolute atomic E-state index is 0. The molecule has 0 aliphatic rings. The fraction of sp³-hybridized carbons (Fsp3) is 1.00. The Kier molecular flexibility index (Phi) is 20.6. The first kappa shape index (κ1) is 20.5. The minimum Gasteiger partial charge on any atom is -0.402 e. The SMILES string of the molecule is CCCCCCCCCCCCOB(O)O.[La]. The molecule has 3 nitrogen and oxygen atoms in total. The van der Waals surface area contributed by atoms with E-state index in [4.69, 9.17) is 10.0 Å². The van der Waals surface area contributed by atoms with Gasteiger partial charge in [0.25, 0.3) is 0 Å². The zero-order valence-corrected chi connectivity index (χ0v) is 14.9. The summed E-state index contributed by atoms with van der Waals surface area (Å²) in [5, 5.41) is 16.9. The Morgan fingerprint density at radius 1 is 0.765 bits per heavy atom. The summed E-state index contributed by atoms with van der Waals surface area (Å²) in [5.74, 6) is 0. The molecule has 0 heterocycles. The van der Waals surface area contributed by atoms with Crippen molar-refractivity contribution in [1.82, 2.24) is 0 Å². The van der Waals surface area contributed by atoms with Crippen molar-refractivity contribution in [3.05, 3.63) is 0 Å². The Bertz CT molecular complexity index is 137. The Labute approximate surface area is 134 Å². The van der Waals surface area contributed by atoms with Crippen LogP contribution in [0.5, 0.6) is 0 Å². The van der Waals surface area contributed by atoms with Crippen molar-refractivity contribution < 1.29 is 50.3 Å². The van der Waals surface area contributed by atoms with Gasteiger partial charge in [-0.3, -0.25) is 0 Å². The maximum atomic E-state index is 8.43. The zero-order chi connectivity index (χ0) is 12.1. The standard InChI is InChI=1S/C12H27BO3.La/c1-2-3-4-5-6-7-8-9-10-11-12-16-13(14)15;/h14-15H,2-12H2,1H3;. The monoisotopic (exact) mass is 369 g/mol. The Morgan fingerprint density at radius 3 is 1.59 bits per heavy atom. The smallest absolute Gasteiger partial charge is 0.402 e. The molecule has 0 aliphatic carbocycles. The van der Waals surface area contributed by atoms with Gasteiger partial charge in [-0.25, -0.2) is 0 Å². The summed E-state index contributed by atoms with van der Waals surface area (Å²) in [7, 11) is -1.60. The fourth-order valence-corrected chi connectivity index (χ4v) is 1.78. The van der Waals surface area contributed by atoms with E-state index in [2.05, 4.69) is 11.6 Å². The Morgan fingerprint density at radius 2 is 1.18 bits per heavy atom. The molecule has 0 amide bonds. The molecule has 0 atom stereocenters. The van der Waals surface area contributed by atoms with Crippen LogP contribution >= 0.6 is 0 Å². The normalized spacial score (nSPS) is 10.1. The molecule has 0 aromatic heterocycles. The molecule has 0 aromatic rings. The summed E-state index contributed by atoms with van der Waals surface area (Å²) in [5.41, 5.74) is 0. The van der Waals surface area contributed by atoms with Crippen LogP contribution in [-0.2, 0) is 4.65 Å². The number of rotatable bonds is 12. The van der Waals surface area contributed by atoms with Crippen LogP contribution in [0.3, 0.4) is 0 Å². The summed E-state index contributed by atoms with van der Waals surface area (Å²) in [4.78, 5) is 0. The molecule has 0 unspecified atom stereocenters. The van der Waals surface area contributed by atoms with Gasteiger partial charge in [0, 0.05) is 42.2 Å². The number of hydrogen-bond acceptors (Lipinski definition) is 3. The average Bonchev–Trinajstić information content (AvgIpc) is 2.25. The van der Waals surface area contributed by atoms with E-state index in [1.807, 2.05) is 0 Å². The van der Waals surface area contributed by atoms with Crippen molar-refractivity contribution >= 4 is 7.32 Å². The molecule has 0 fully saturated rings. The molecular weight excluding hydrogens is 342 g/mol. The van der Waals surface area contributed by atoms with Crippen molar-refractivity contribution in [2.45, 2.75) is 71.1 Å². The van der Waals surface area contributed by atoms with Gasteiger partial charge in [0.15, 0.2) is 0 Å². The van der Waals surface area contributed by atoms with E-state index in [9.17, 15) is 0 Å². The molecule has 0 saturated carbocycles. The van der Waals surface area contributed by atoms with Gasteiger partial charge in [0.2, 0.25) is 0 Å². The van der Waals surface area contributed by atoms with Crippen LogP contribution < -0.4 is 0 Å². The van der Waals surface area contributed by atoms with Crippen molar-refractivity contribution in [2.24, 2.45) is 0 Å². The third kappa shape index (κ3) is 19.6. The Hall–Kier alpha value is 1.14. The van der Waals surface area contributed by atoms with Gasteiger partial charge in [0.1, 0.15) is 0 Å². The summed E-state index contributed by atoms with van der Waals surface area (Å²) in [6.45, 7) is 2.69. The van der Waals surface area contributed by atoms with Crippen molar-refractivity contribution in [3.8, 4) is 0 Å². The topological polar surface area (TPSA) is 49.7 Å². The second-order valence-corrected chi connectivity index (χ2v) is 4.38. The van der Waals surface area contributed by atoms with E-state index in [0.717, 1.165) is 12.8 Å². The molecule has 0 rings (SSSR count). The van der Waals surface area contributed by atoms with E-state index >= 15 is 0 Å². The molecular formula is C12H27BLaO3. The maximum absolute atomic E-state index is 8.43. The van der Waals surface area contributed by atoms with E-state index in [-0.39, 0.29) is 35.6 Å². The molecule has 0 spiro atoms. The molecule has 5 heteroatoms. The van der Waals surface area contributed by atoms with Gasteiger partial charge >= 0.3 is 7.32 Å². The predicted octanol–water partition coefficient (Wildman–Crippen LogP) is 2.89. The van der Waals surface area contributed by atoms with Crippen LogP contribution in [-0.4, -0.2) is 24.0 Å². The maximum Gasteiger partial charge on any atom is 0.633 e. The second-order valence-electron chi connectivity index (χ2n) is 4.38. The van der Waals surface area contributed by atoms with Gasteiger partial charge in [-0.2, -0.15) is 0 Å². The molecule has 2 N–H and O–H groups in total. The van der Waals surface area contributed by atoms with E-state index in [1.54, 1.807) is 0 Å². The summed E-state index contributed by atoms with van der Waals surface area (Å²) >= 11 is 0. The molecule has 17 heavy (non-hydrogen) atoms. The van der Waals surface area contributed by atoms with Crippen LogP contribution in [0.4, 0.5) is 0 Å². The van der Waals surface area contributed by atoms with Gasteiger partial charge in [-0.1, -0.05) is 64.7 Å². The predicted molar refractivity (Wildman–Crippen MR) is 68.0 cm³/mol. The molecule has 0 aromatic carbocycles. The number of hydrogen-bond donors (Lipinski definition) is 2. The average molecular weight is 369 g/mol. The molecule has 0 bridgehead atoms. The summed E-state index contributed by atoms with van der Waals surface area (Å²) in [6, 6.07) is 0. The van der Waals surface area contributed by atoms with Crippen molar-refractivity contribution in [1.29, 1.82) is 0 Å². The number of unbranched alkanes of at least 4 members (excludes halogenated alkanes) is 9. The van der Waals surface area contributed by atoms with Gasteiger partial charge < -0.3 is 14.7 Å². The molecule has 99 valence electrons. The van der Waals surface area contributed by atoms with Crippen LogP contribution in [0.25, 0.3) is 0 Å². The second kappa shape index (κ2) is 17.1. The van der Waals surface area contributed by atoms with E-state index in [1.165, 1.54) is 51.4 Å². The van der Waals surface area contributed by atoms with E-state index < -0.39 is 7.32 Å². The van der Waals surface area contributed by atoms with Gasteiger partial charge in [-0.05, 0) is 6.42 Å². The minimum atomic E-state index is -1.60. The van der Waals surface area contributed by atoms with Crippen LogP contribution in [0, 0.1) is 35.6 Å². The Balaban J connectivity index is 0. The van der Waals surface area contributed by atoms with Gasteiger partial charge in [0.05, 0.1) is 0 Å². The summed E-state index contributed by atoms with van der Waals surface area (Å²) < 4.78 is 4.62. The largest absolute Gasteiger partial charge is 0.633 e. The van der Waals surface area contributed by atoms with Gasteiger partial charge in [-0.15, -0.1) is 0 Å². The first-order chi connectivity index (χ1) is 7.77. The third-order valence-electron chi connectivity index (χ3n) is 2.76. The van der Waals surface area contributed by atoms with Crippen molar-refractivity contribution in [3.63, 3.8) is 0 Å². The third-order valence-corrected chi connectivity index (χ3v) is 2.76. The first-order valence-corrected chi connectivity index (χ1v) is 6.75. The van der Waals surface area contributed by atoms with Crippen LogP contribution in [0.2, 0.25) is 0 Å². The van der Waals surface area contributed by atoms with E-state index in [0.29, 0.717) is 6.61 Å². The van der Waals surface area contributed by atoms with Crippen molar-refractivity contribution in [2.75, 3.05) is 6.61 Å². The van der Waals surface area contributed by atoms with Crippen LogP contribution in [0.15, 0.2) is 0 Å². The summed E-state index contributed by atoms with van der Waals surface area (Å²) in [6.07, 6.45) is 12.8.